The van der Waals surface area contributed by atoms with Crippen LogP contribution in [0, 0.1) is 6.92 Å². The van der Waals surface area contributed by atoms with Crippen molar-refractivity contribution in [1.29, 1.82) is 0 Å². The number of aliphatic hydroxyl groups excluding tert-OH is 1. The molecule has 18 heavy (non-hydrogen) atoms. The maximum Gasteiger partial charge on any atom is 0.245 e. The van der Waals surface area contributed by atoms with Crippen LogP contribution >= 0.6 is 0 Å². The largest absolute Gasteiger partial charge is 0.354 e. The first-order valence-corrected chi connectivity index (χ1v) is 6.03. The number of rotatable bonds is 1. The Morgan fingerprint density at radius 2 is 1.89 bits per heavy atom. The summed E-state index contributed by atoms with van der Waals surface area (Å²) < 4.78 is 0. The fraction of sp³-hybridized carbons (Fsp3) is 0.538. The molecular formula is C13H20N4O. The summed E-state index contributed by atoms with van der Waals surface area (Å²) in [5.41, 5.74) is 3.23. The van der Waals surface area contributed by atoms with E-state index in [0.717, 1.165) is 11.3 Å². The molecule has 1 unspecified atom stereocenters. The minimum absolute atomic E-state index is 0.0656. The van der Waals surface area contributed by atoms with Gasteiger partial charge in [-0.2, -0.15) is 5.01 Å². The molecule has 2 rings (SSSR count). The predicted octanol–water partition coefficient (Wildman–Crippen LogP) is 2.60. The average molecular weight is 248 g/mol. The molecule has 5 heteroatoms. The second-order valence-corrected chi connectivity index (χ2v) is 5.69. The highest BCUT2D eigenvalue weighted by Crippen LogP contribution is 2.31. The van der Waals surface area contributed by atoms with Gasteiger partial charge in [0, 0.05) is 7.05 Å². The van der Waals surface area contributed by atoms with Crippen molar-refractivity contribution in [3.05, 3.63) is 29.3 Å². The summed E-state index contributed by atoms with van der Waals surface area (Å²) in [6.07, 6.45) is -0.834. The third kappa shape index (κ3) is 2.18. The van der Waals surface area contributed by atoms with E-state index < -0.39 is 6.35 Å². The molecule has 0 amide bonds. The lowest BCUT2D eigenvalue weighted by Gasteiger charge is -2.25. The number of aryl methyl sites for hydroxylation is 1. The van der Waals surface area contributed by atoms with Crippen molar-refractivity contribution in [1.82, 2.24) is 5.01 Å². The standard InChI is InChI=1S/C13H20N4O/c1-9-6-7-10(13(2,3)4)8-11(9)17-12(18)16(5)14-15-17/h6-8,12,18H,1-5H3. The van der Waals surface area contributed by atoms with E-state index in [1.165, 1.54) is 15.6 Å². The van der Waals surface area contributed by atoms with E-state index in [4.69, 9.17) is 0 Å². The second kappa shape index (κ2) is 4.24. The van der Waals surface area contributed by atoms with Crippen LogP contribution in [0.25, 0.3) is 0 Å². The fourth-order valence-electron chi connectivity index (χ4n) is 1.85. The lowest BCUT2D eigenvalue weighted by molar-refractivity contribution is 0.0457. The van der Waals surface area contributed by atoms with Crippen LogP contribution in [0.1, 0.15) is 31.9 Å². The summed E-state index contributed by atoms with van der Waals surface area (Å²) in [4.78, 5) is 0. The van der Waals surface area contributed by atoms with Gasteiger partial charge in [0.1, 0.15) is 0 Å². The quantitative estimate of drug-likeness (QED) is 0.831. The Morgan fingerprint density at radius 1 is 1.22 bits per heavy atom. The molecule has 98 valence electrons. The Kier molecular flexibility index (Phi) is 3.02. The van der Waals surface area contributed by atoms with Gasteiger partial charge in [-0.05, 0) is 40.0 Å². The summed E-state index contributed by atoms with van der Waals surface area (Å²) in [6, 6.07) is 6.23. The summed E-state index contributed by atoms with van der Waals surface area (Å²) in [5.74, 6) is 0. The van der Waals surface area contributed by atoms with Crippen LogP contribution in [0.3, 0.4) is 0 Å². The Balaban J connectivity index is 2.42. The van der Waals surface area contributed by atoms with E-state index in [2.05, 4.69) is 49.4 Å². The highest BCUT2D eigenvalue weighted by atomic mass is 16.3. The van der Waals surface area contributed by atoms with E-state index in [1.807, 2.05) is 6.92 Å². The van der Waals surface area contributed by atoms with Gasteiger partial charge in [-0.25, -0.2) is 5.01 Å². The monoisotopic (exact) mass is 248 g/mol. The van der Waals surface area contributed by atoms with Crippen LogP contribution < -0.4 is 5.01 Å². The molecule has 0 saturated carbocycles. The topological polar surface area (TPSA) is 51.4 Å². The first-order valence-electron chi connectivity index (χ1n) is 6.03. The zero-order valence-corrected chi connectivity index (χ0v) is 11.5. The van der Waals surface area contributed by atoms with Crippen molar-refractivity contribution >= 4 is 5.69 Å². The van der Waals surface area contributed by atoms with Gasteiger partial charge in [0.25, 0.3) is 0 Å². The molecular weight excluding hydrogens is 228 g/mol. The highest BCUT2D eigenvalue weighted by Gasteiger charge is 2.28. The third-order valence-electron chi connectivity index (χ3n) is 3.15. The van der Waals surface area contributed by atoms with Gasteiger partial charge < -0.3 is 5.11 Å². The van der Waals surface area contributed by atoms with Crippen LogP contribution in [0.2, 0.25) is 0 Å². The van der Waals surface area contributed by atoms with Gasteiger partial charge in [0.15, 0.2) is 0 Å². The smallest absolute Gasteiger partial charge is 0.245 e. The Morgan fingerprint density at radius 3 is 2.39 bits per heavy atom. The van der Waals surface area contributed by atoms with Crippen LogP contribution in [-0.4, -0.2) is 23.5 Å². The first kappa shape index (κ1) is 12.8. The van der Waals surface area contributed by atoms with E-state index in [9.17, 15) is 5.11 Å². The molecule has 5 nitrogen and oxygen atoms in total. The molecule has 1 heterocycles. The highest BCUT2D eigenvalue weighted by molar-refractivity contribution is 5.55. The number of hydrogen-bond donors (Lipinski definition) is 1. The number of benzene rings is 1. The lowest BCUT2D eigenvalue weighted by atomic mass is 9.86. The molecule has 0 bridgehead atoms. The van der Waals surface area contributed by atoms with Crippen molar-refractivity contribution in [2.45, 2.75) is 39.5 Å². The maximum atomic E-state index is 9.99. The normalized spacial score (nSPS) is 19.8. The van der Waals surface area contributed by atoms with Gasteiger partial charge in [0.2, 0.25) is 6.35 Å². The van der Waals surface area contributed by atoms with E-state index in [1.54, 1.807) is 7.05 Å². The third-order valence-corrected chi connectivity index (χ3v) is 3.15. The summed E-state index contributed by atoms with van der Waals surface area (Å²) >= 11 is 0. The van der Waals surface area contributed by atoms with Gasteiger partial charge in [-0.3, -0.25) is 0 Å². The maximum absolute atomic E-state index is 9.99. The van der Waals surface area contributed by atoms with Gasteiger partial charge >= 0.3 is 0 Å². The van der Waals surface area contributed by atoms with Crippen molar-refractivity contribution in [3.63, 3.8) is 0 Å². The Bertz CT molecular complexity index is 478. The van der Waals surface area contributed by atoms with Crippen LogP contribution in [0.4, 0.5) is 5.69 Å². The molecule has 1 aromatic rings. The van der Waals surface area contributed by atoms with Gasteiger partial charge in [-0.1, -0.05) is 32.9 Å². The molecule has 1 N–H and O–H groups in total. The van der Waals surface area contributed by atoms with Crippen molar-refractivity contribution < 1.29 is 5.11 Å². The molecule has 1 aliphatic heterocycles. The van der Waals surface area contributed by atoms with Gasteiger partial charge in [-0.15, -0.1) is 0 Å². The molecule has 0 aliphatic carbocycles. The molecule has 1 aromatic carbocycles. The SMILES string of the molecule is Cc1ccc(C(C)(C)C)cc1N1N=NN(C)C1O. The molecule has 0 radical (unpaired) electrons. The molecule has 0 aromatic heterocycles. The number of aliphatic hydroxyl groups is 1. The first-order chi connectivity index (χ1) is 8.30. The molecule has 0 saturated heterocycles. The van der Waals surface area contributed by atoms with E-state index in [0.29, 0.717) is 0 Å². The summed E-state index contributed by atoms with van der Waals surface area (Å²) in [7, 11) is 1.69. The predicted molar refractivity (Wildman–Crippen MR) is 71.0 cm³/mol. The Hall–Kier alpha value is -1.62. The molecule has 0 spiro atoms. The lowest BCUT2D eigenvalue weighted by Crippen LogP contribution is -2.36. The minimum Gasteiger partial charge on any atom is -0.354 e. The van der Waals surface area contributed by atoms with Crippen LogP contribution in [-0.2, 0) is 5.41 Å². The van der Waals surface area contributed by atoms with Gasteiger partial charge in [0.05, 0.1) is 5.69 Å². The summed E-state index contributed by atoms with van der Waals surface area (Å²) in [5, 5.41) is 20.8. The van der Waals surface area contributed by atoms with E-state index in [-0.39, 0.29) is 5.41 Å². The van der Waals surface area contributed by atoms with Crippen LogP contribution in [0.5, 0.6) is 0 Å². The van der Waals surface area contributed by atoms with E-state index >= 15 is 0 Å². The van der Waals surface area contributed by atoms with Crippen molar-refractivity contribution in [3.8, 4) is 0 Å². The number of anilines is 1. The molecule has 1 atom stereocenters. The zero-order valence-electron chi connectivity index (χ0n) is 11.5. The second-order valence-electron chi connectivity index (χ2n) is 5.69. The molecule has 0 fully saturated rings. The fourth-order valence-corrected chi connectivity index (χ4v) is 1.85. The van der Waals surface area contributed by atoms with Crippen LogP contribution in [0.15, 0.2) is 28.6 Å². The zero-order chi connectivity index (χ0) is 13.5. The number of hydrogen-bond acceptors (Lipinski definition) is 5. The number of nitrogens with zero attached hydrogens (tertiary/aromatic N) is 4. The van der Waals surface area contributed by atoms with Crippen molar-refractivity contribution in [2.24, 2.45) is 10.4 Å². The summed E-state index contributed by atoms with van der Waals surface area (Å²) in [6.45, 7) is 8.49. The average Bonchev–Trinajstić information content (AvgIpc) is 2.59. The molecule has 1 aliphatic rings. The van der Waals surface area contributed by atoms with Crippen molar-refractivity contribution in [2.75, 3.05) is 12.1 Å². The Labute approximate surface area is 108 Å². The minimum atomic E-state index is -0.834.